The molecule has 3 aliphatic rings. The van der Waals surface area contributed by atoms with Crippen molar-refractivity contribution < 1.29 is 88.6 Å². The van der Waals surface area contributed by atoms with Crippen LogP contribution in [0.1, 0.15) is 0 Å². The van der Waals surface area contributed by atoms with Crippen molar-refractivity contribution in [2.24, 2.45) is 0 Å². The van der Waals surface area contributed by atoms with E-state index in [2.05, 4.69) is 0 Å². The lowest BCUT2D eigenvalue weighted by molar-refractivity contribution is -0.395. The van der Waals surface area contributed by atoms with Crippen molar-refractivity contribution in [2.75, 3.05) is 19.8 Å². The van der Waals surface area contributed by atoms with E-state index in [1.54, 1.807) is 0 Å². The lowest BCUT2D eigenvalue weighted by Gasteiger charge is -2.47. The topological polar surface area (TPSA) is 324 Å². The standard InChI is InChI=1S/C24H33FN2O19/c25-13-15(32)20(11(5-29)43-22(13)41-9-2-1-7(26(37)38)3-8(9)27(39)40)45-24-19(36)17(34)21(12(6-30)44-24)46-23-18(35)16(33)14(31)10(4-28)42-23/h1-3,10-24,28-36H,4-6H2. The van der Waals surface area contributed by atoms with Crippen molar-refractivity contribution >= 4 is 11.4 Å². The number of nitro benzene ring substituents is 2. The van der Waals surface area contributed by atoms with E-state index in [0.29, 0.717) is 6.07 Å². The second kappa shape index (κ2) is 15.0. The molecule has 3 saturated heterocycles. The number of halogens is 1. The molecule has 22 heteroatoms. The van der Waals surface area contributed by atoms with Gasteiger partial charge in [-0.25, -0.2) is 4.39 Å². The summed E-state index contributed by atoms with van der Waals surface area (Å²) >= 11 is 0. The number of aliphatic hydroxyl groups is 9. The number of nitrogens with zero attached hydrogens (tertiary/aromatic N) is 2. The van der Waals surface area contributed by atoms with E-state index in [0.717, 1.165) is 12.1 Å². The SMILES string of the molecule is O=[N+]([O-])c1ccc(OC2OC(CO)C(OC3OC(CO)C(OC4OC(CO)C(O)C(O)C4O)C(O)C3O)C(O)C2F)c([N+](=O)[O-])c1. The van der Waals surface area contributed by atoms with Gasteiger partial charge in [0.05, 0.1) is 35.7 Å². The van der Waals surface area contributed by atoms with Crippen molar-refractivity contribution in [1.82, 2.24) is 0 Å². The molecule has 4 rings (SSSR count). The first-order chi connectivity index (χ1) is 21.7. The van der Waals surface area contributed by atoms with E-state index in [9.17, 15) is 66.2 Å². The molecular weight excluding hydrogens is 639 g/mol. The van der Waals surface area contributed by atoms with Gasteiger partial charge < -0.3 is 74.4 Å². The minimum Gasteiger partial charge on any atom is -0.454 e. The van der Waals surface area contributed by atoms with Gasteiger partial charge in [-0.15, -0.1) is 0 Å². The lowest BCUT2D eigenvalue weighted by atomic mass is 9.96. The van der Waals surface area contributed by atoms with Crippen LogP contribution in [0.3, 0.4) is 0 Å². The van der Waals surface area contributed by atoms with Crippen LogP contribution in [0.4, 0.5) is 15.8 Å². The molecule has 9 N–H and O–H groups in total. The zero-order chi connectivity index (χ0) is 34.0. The number of alkyl halides is 1. The van der Waals surface area contributed by atoms with Crippen molar-refractivity contribution in [2.45, 2.75) is 92.2 Å². The molecule has 0 saturated carbocycles. The van der Waals surface area contributed by atoms with E-state index in [-0.39, 0.29) is 0 Å². The van der Waals surface area contributed by atoms with Crippen LogP contribution < -0.4 is 4.74 Å². The Labute approximate surface area is 256 Å². The fourth-order valence-electron chi connectivity index (χ4n) is 5.10. The molecule has 0 radical (unpaired) electrons. The number of benzene rings is 1. The predicted octanol–water partition coefficient (Wildman–Crippen LogP) is -4.69. The van der Waals surface area contributed by atoms with E-state index in [4.69, 9.17) is 28.4 Å². The summed E-state index contributed by atoms with van der Waals surface area (Å²) in [5, 5.41) is 114. The number of ether oxygens (including phenoxy) is 6. The summed E-state index contributed by atoms with van der Waals surface area (Å²) in [7, 11) is 0. The highest BCUT2D eigenvalue weighted by molar-refractivity contribution is 5.53. The molecule has 21 nitrogen and oxygen atoms in total. The Morgan fingerprint density at radius 3 is 1.70 bits per heavy atom. The van der Waals surface area contributed by atoms with Gasteiger partial charge in [0.2, 0.25) is 12.0 Å². The number of nitro groups is 2. The Bertz CT molecular complexity index is 1210. The quantitative estimate of drug-likeness (QED) is 0.0787. The van der Waals surface area contributed by atoms with Crippen LogP contribution in [0.5, 0.6) is 5.75 Å². The molecular formula is C24H33FN2O19. The zero-order valence-electron chi connectivity index (χ0n) is 23.4. The van der Waals surface area contributed by atoms with Crippen LogP contribution in [0.15, 0.2) is 18.2 Å². The predicted molar refractivity (Wildman–Crippen MR) is 138 cm³/mol. The lowest BCUT2D eigenvalue weighted by Crippen LogP contribution is -2.66. The van der Waals surface area contributed by atoms with Gasteiger partial charge in [-0.05, 0) is 6.07 Å². The second-order valence-electron chi connectivity index (χ2n) is 10.5. The first-order valence-corrected chi connectivity index (χ1v) is 13.7. The highest BCUT2D eigenvalue weighted by atomic mass is 19.1. The van der Waals surface area contributed by atoms with Crippen LogP contribution in [-0.2, 0) is 23.7 Å². The van der Waals surface area contributed by atoms with E-state index < -0.39 is 139 Å². The summed E-state index contributed by atoms with van der Waals surface area (Å²) in [5.74, 6) is -0.670. The van der Waals surface area contributed by atoms with Crippen molar-refractivity contribution in [3.05, 3.63) is 38.4 Å². The number of hydrogen-bond donors (Lipinski definition) is 9. The normalized spacial score (nSPS) is 41.6. The van der Waals surface area contributed by atoms with Gasteiger partial charge in [-0.2, -0.15) is 0 Å². The van der Waals surface area contributed by atoms with Crippen LogP contribution in [0.2, 0.25) is 0 Å². The van der Waals surface area contributed by atoms with Gasteiger partial charge in [-0.3, -0.25) is 20.2 Å². The number of hydrogen-bond acceptors (Lipinski definition) is 19. The summed E-state index contributed by atoms with van der Waals surface area (Å²) < 4.78 is 47.4. The van der Waals surface area contributed by atoms with Crippen molar-refractivity contribution in [1.29, 1.82) is 0 Å². The Morgan fingerprint density at radius 2 is 1.17 bits per heavy atom. The molecule has 1 aromatic rings. The average Bonchev–Trinajstić information content (AvgIpc) is 3.03. The monoisotopic (exact) mass is 672 g/mol. The molecule has 15 unspecified atom stereocenters. The first-order valence-electron chi connectivity index (χ1n) is 13.7. The minimum absolute atomic E-state index is 0.552. The smallest absolute Gasteiger partial charge is 0.317 e. The van der Waals surface area contributed by atoms with E-state index in [1.807, 2.05) is 0 Å². The average molecular weight is 673 g/mol. The zero-order valence-corrected chi connectivity index (χ0v) is 23.4. The van der Waals surface area contributed by atoms with Crippen LogP contribution >= 0.6 is 0 Å². The third-order valence-corrected chi connectivity index (χ3v) is 7.62. The molecule has 0 aliphatic carbocycles. The van der Waals surface area contributed by atoms with Crippen LogP contribution in [-0.4, -0.2) is 168 Å². The molecule has 0 bridgehead atoms. The van der Waals surface area contributed by atoms with E-state index >= 15 is 4.39 Å². The van der Waals surface area contributed by atoms with Gasteiger partial charge in [0, 0.05) is 6.07 Å². The Kier molecular flexibility index (Phi) is 11.7. The fraction of sp³-hybridized carbons (Fsp3) is 0.750. The molecule has 0 amide bonds. The highest BCUT2D eigenvalue weighted by Gasteiger charge is 2.54. The summed E-state index contributed by atoms with van der Waals surface area (Å²) in [6, 6.07) is 2.19. The molecule has 15 atom stereocenters. The Hall–Kier alpha value is -2.81. The maximum Gasteiger partial charge on any atom is 0.317 e. The van der Waals surface area contributed by atoms with Gasteiger partial charge in [0.15, 0.2) is 18.8 Å². The molecule has 3 fully saturated rings. The highest BCUT2D eigenvalue weighted by Crippen LogP contribution is 2.36. The number of aliphatic hydroxyl groups excluding tert-OH is 9. The maximum absolute atomic E-state index is 15.3. The van der Waals surface area contributed by atoms with Gasteiger partial charge in [-0.1, -0.05) is 0 Å². The fourth-order valence-corrected chi connectivity index (χ4v) is 5.10. The third kappa shape index (κ3) is 7.19. The summed E-state index contributed by atoms with van der Waals surface area (Å²) in [6.45, 7) is -2.73. The van der Waals surface area contributed by atoms with Crippen molar-refractivity contribution in [3.8, 4) is 5.75 Å². The minimum atomic E-state index is -2.55. The summed E-state index contributed by atoms with van der Waals surface area (Å²) in [4.78, 5) is 20.4. The Morgan fingerprint density at radius 1 is 0.674 bits per heavy atom. The molecule has 3 aliphatic heterocycles. The molecule has 3 heterocycles. The Balaban J connectivity index is 1.46. The first kappa shape index (κ1) is 36.0. The number of non-ortho nitro benzene ring substituents is 1. The largest absolute Gasteiger partial charge is 0.454 e. The molecule has 1 aromatic carbocycles. The maximum atomic E-state index is 15.3. The third-order valence-electron chi connectivity index (χ3n) is 7.62. The second-order valence-corrected chi connectivity index (χ2v) is 10.5. The summed E-state index contributed by atoms with van der Waals surface area (Å²) in [6.07, 6.45) is -28.5. The van der Waals surface area contributed by atoms with Crippen LogP contribution in [0, 0.1) is 20.2 Å². The molecule has 260 valence electrons. The van der Waals surface area contributed by atoms with Gasteiger partial charge >= 0.3 is 5.69 Å². The van der Waals surface area contributed by atoms with Crippen molar-refractivity contribution in [3.63, 3.8) is 0 Å². The van der Waals surface area contributed by atoms with E-state index in [1.165, 1.54) is 0 Å². The molecule has 0 spiro atoms. The van der Waals surface area contributed by atoms with Crippen LogP contribution in [0.25, 0.3) is 0 Å². The number of rotatable bonds is 11. The van der Waals surface area contributed by atoms with Gasteiger partial charge in [0.1, 0.15) is 67.1 Å². The molecule has 0 aromatic heterocycles. The summed E-state index contributed by atoms with van der Waals surface area (Å²) in [5.41, 5.74) is -1.60. The van der Waals surface area contributed by atoms with Gasteiger partial charge in [0.25, 0.3) is 5.69 Å². The molecule has 46 heavy (non-hydrogen) atoms.